The zero-order valence-electron chi connectivity index (χ0n) is 22.7. The van der Waals surface area contributed by atoms with E-state index in [0.29, 0.717) is 0 Å². The molecule has 4 aromatic heterocycles. The molecule has 6 heterocycles. The van der Waals surface area contributed by atoms with Crippen molar-refractivity contribution in [2.24, 2.45) is 0 Å². The van der Waals surface area contributed by atoms with Gasteiger partial charge in [0, 0.05) is 0 Å². The first-order valence-electron chi connectivity index (χ1n) is 12.9. The van der Waals surface area contributed by atoms with Crippen molar-refractivity contribution >= 4 is 49.7 Å². The summed E-state index contributed by atoms with van der Waals surface area (Å²) < 4.78 is 60.4. The first-order valence-corrected chi connectivity index (χ1v) is 15.9. The summed E-state index contributed by atoms with van der Waals surface area (Å²) >= 11 is 0. The smallest absolute Gasteiger partial charge is 0.394 e. The minimum absolute atomic E-state index is 0.0322. The largest absolute Gasteiger partial charge is 0.472 e. The number of anilines is 2. The van der Waals surface area contributed by atoms with Crippen molar-refractivity contribution in [1.29, 1.82) is 0 Å². The summed E-state index contributed by atoms with van der Waals surface area (Å²) in [5.41, 5.74) is 10.8. The van der Waals surface area contributed by atoms with Gasteiger partial charge in [-0.2, -0.15) is 4.98 Å². The number of phosphoric acid groups is 2. The maximum atomic E-state index is 13.0. The number of ether oxygens (including phenoxy) is 2. The molecule has 0 amide bonds. The average molecular weight is 676 g/mol. The molecule has 0 spiro atoms. The van der Waals surface area contributed by atoms with Gasteiger partial charge in [-0.25, -0.2) is 29.1 Å². The maximum absolute atomic E-state index is 13.0. The molecule has 8 atom stereocenters. The number of H-pyrrole nitrogens is 1. The van der Waals surface area contributed by atoms with Crippen LogP contribution in [0.4, 0.5) is 11.8 Å². The van der Waals surface area contributed by atoms with Crippen LogP contribution in [0.3, 0.4) is 0 Å². The van der Waals surface area contributed by atoms with E-state index in [1.54, 1.807) is 0 Å². The van der Waals surface area contributed by atoms with Crippen molar-refractivity contribution < 1.29 is 56.7 Å². The Labute approximate surface area is 249 Å². The van der Waals surface area contributed by atoms with E-state index >= 15 is 0 Å². The Hall–Kier alpha value is -3.44. The van der Waals surface area contributed by atoms with Crippen LogP contribution in [0.5, 0.6) is 0 Å². The third-order valence-electron chi connectivity index (χ3n) is 6.75. The van der Waals surface area contributed by atoms with E-state index in [9.17, 15) is 33.9 Å². The zero-order chi connectivity index (χ0) is 32.1. The quantitative estimate of drug-likeness (QED) is 0.114. The molecule has 25 heteroatoms. The Bertz CT molecular complexity index is 1870. The van der Waals surface area contributed by atoms with E-state index in [2.05, 4.69) is 29.9 Å². The predicted molar refractivity (Wildman–Crippen MR) is 146 cm³/mol. The van der Waals surface area contributed by atoms with Crippen LogP contribution in [0.2, 0.25) is 0 Å². The summed E-state index contributed by atoms with van der Waals surface area (Å²) in [7, 11) is -10.0. The Morgan fingerprint density at radius 2 is 1.64 bits per heavy atom. The molecule has 23 nitrogen and oxygen atoms in total. The molecule has 0 aliphatic carbocycles. The number of nitrogens with one attached hydrogen (secondary N) is 1. The van der Waals surface area contributed by atoms with Crippen molar-refractivity contribution in [2.45, 2.75) is 36.9 Å². The van der Waals surface area contributed by atoms with Crippen molar-refractivity contribution in [3.63, 3.8) is 0 Å². The fourth-order valence-electron chi connectivity index (χ4n) is 4.69. The van der Waals surface area contributed by atoms with Crippen molar-refractivity contribution in [1.82, 2.24) is 39.0 Å². The lowest BCUT2D eigenvalue weighted by atomic mass is 10.1. The lowest BCUT2D eigenvalue weighted by Gasteiger charge is -2.28. The molecule has 2 aliphatic rings. The second kappa shape index (κ2) is 12.1. The second-order valence-electron chi connectivity index (χ2n) is 9.70. The number of aromatic nitrogens is 8. The molecule has 0 aromatic carbocycles. The number of fused-ring (bicyclic) bond motifs is 3. The summed E-state index contributed by atoms with van der Waals surface area (Å²) in [5, 5.41) is 21.1. The molecule has 4 aromatic rings. The van der Waals surface area contributed by atoms with Gasteiger partial charge in [0.1, 0.15) is 42.9 Å². The van der Waals surface area contributed by atoms with E-state index < -0.39 is 84.5 Å². The number of nitrogens with zero attached hydrogens (tertiary/aromatic N) is 7. The maximum Gasteiger partial charge on any atom is 0.472 e. The lowest BCUT2D eigenvalue weighted by Crippen LogP contribution is -2.37. The summed E-state index contributed by atoms with van der Waals surface area (Å²) in [6.07, 6.45) is -5.60. The van der Waals surface area contributed by atoms with Gasteiger partial charge in [-0.05, 0) is 0 Å². The highest BCUT2D eigenvalue weighted by molar-refractivity contribution is 7.47. The standard InChI is InChI=1S/C20H26N10O13P2/c21-15-11-16(24-5-23-15)30(7-25-11)19-13(32)14-9(42-19)3-39-44(34,35)40-4-10(41-8(1-31)2-38-45(36,37)43-14)29-6-26-12-17(29)27-20(22)28-18(12)33/h5-10,13-14,19,31-32H,1-4H2,(H,34,35)(H,36,37)(H2,21,23,24)(H3,22,27,28,33)/t8-,9+,10+,13-,14?,19+/m0/s1. The van der Waals surface area contributed by atoms with Crippen LogP contribution in [0.25, 0.3) is 22.3 Å². The summed E-state index contributed by atoms with van der Waals surface area (Å²) in [5.74, 6) is -0.247. The monoisotopic (exact) mass is 676 g/mol. The molecule has 0 radical (unpaired) electrons. The van der Waals surface area contributed by atoms with E-state index in [1.807, 2.05) is 0 Å². The van der Waals surface area contributed by atoms with Gasteiger partial charge < -0.3 is 40.9 Å². The summed E-state index contributed by atoms with van der Waals surface area (Å²) in [6.45, 7) is -3.14. The van der Waals surface area contributed by atoms with Crippen LogP contribution in [0.1, 0.15) is 12.5 Å². The fraction of sp³-hybridized carbons (Fsp3) is 0.500. The second-order valence-corrected chi connectivity index (χ2v) is 12.6. The normalized spacial score (nSPS) is 33.7. The van der Waals surface area contributed by atoms with Crippen molar-refractivity contribution in [2.75, 3.05) is 37.9 Å². The van der Waals surface area contributed by atoms with Gasteiger partial charge in [0.05, 0.1) is 32.5 Å². The van der Waals surface area contributed by atoms with E-state index in [1.165, 1.54) is 10.9 Å². The molecule has 6 rings (SSSR count). The van der Waals surface area contributed by atoms with Gasteiger partial charge in [-0.3, -0.25) is 37.0 Å². The van der Waals surface area contributed by atoms with Gasteiger partial charge in [-0.15, -0.1) is 0 Å². The van der Waals surface area contributed by atoms with E-state index in [0.717, 1.165) is 17.2 Å². The van der Waals surface area contributed by atoms with Crippen LogP contribution in [0, 0.1) is 0 Å². The van der Waals surface area contributed by atoms with E-state index in [-0.39, 0.29) is 34.1 Å². The van der Waals surface area contributed by atoms with Crippen molar-refractivity contribution in [3.8, 4) is 0 Å². The number of aliphatic hydroxyl groups is 2. The number of hydrogen-bond donors (Lipinski definition) is 7. The number of phosphoric ester groups is 2. The number of imidazole rings is 2. The first-order chi connectivity index (χ1) is 21.4. The first kappa shape index (κ1) is 31.5. The molecule has 0 saturated carbocycles. The molecular weight excluding hydrogens is 650 g/mol. The highest BCUT2D eigenvalue weighted by Crippen LogP contribution is 2.51. The van der Waals surface area contributed by atoms with Crippen LogP contribution >= 0.6 is 15.6 Å². The Kier molecular flexibility index (Phi) is 8.45. The topological polar surface area (TPSA) is 330 Å². The Balaban J connectivity index is 1.30. The molecule has 9 N–H and O–H groups in total. The summed E-state index contributed by atoms with van der Waals surface area (Å²) in [6, 6.07) is 0. The molecule has 0 bridgehead atoms. The van der Waals surface area contributed by atoms with Gasteiger partial charge in [0.25, 0.3) is 5.56 Å². The number of aromatic amines is 1. The molecule has 3 unspecified atom stereocenters. The number of aliphatic hydroxyl groups excluding tert-OH is 2. The van der Waals surface area contributed by atoms with Crippen LogP contribution in [-0.2, 0) is 36.7 Å². The fourth-order valence-corrected chi connectivity index (χ4v) is 6.40. The van der Waals surface area contributed by atoms with Gasteiger partial charge in [0.2, 0.25) is 5.95 Å². The highest BCUT2D eigenvalue weighted by atomic mass is 31.2. The van der Waals surface area contributed by atoms with Crippen LogP contribution in [0.15, 0.2) is 23.8 Å². The lowest BCUT2D eigenvalue weighted by molar-refractivity contribution is -0.113. The van der Waals surface area contributed by atoms with Crippen LogP contribution < -0.4 is 17.0 Å². The number of nitrogen functional groups attached to an aromatic ring is 2. The highest BCUT2D eigenvalue weighted by Gasteiger charge is 2.50. The molecule has 2 saturated heterocycles. The predicted octanol–water partition coefficient (Wildman–Crippen LogP) is -2.09. The number of hydrogen-bond acceptors (Lipinski definition) is 18. The van der Waals surface area contributed by atoms with Crippen LogP contribution in [-0.4, -0.2) is 110 Å². The van der Waals surface area contributed by atoms with E-state index in [4.69, 9.17) is 39.0 Å². The van der Waals surface area contributed by atoms with Crippen molar-refractivity contribution in [3.05, 3.63) is 29.3 Å². The zero-order valence-corrected chi connectivity index (χ0v) is 24.5. The summed E-state index contributed by atoms with van der Waals surface area (Å²) in [4.78, 5) is 55.5. The number of rotatable bonds is 3. The third-order valence-corrected chi connectivity index (χ3v) is 8.68. The number of nitrogens with two attached hydrogens (primary N) is 2. The minimum atomic E-state index is -5.06. The SMILES string of the molecule is Nc1nc2c(ncn2[C@H]2COP(=O)(O)OC[C@H]3O[C@@H](n4cnc5c(N)ncnc54)[C@@H](O)C3OP(=O)(O)OC[C@H](CO)O2)c(=O)[nH]1. The molecule has 2 fully saturated rings. The van der Waals surface area contributed by atoms with Gasteiger partial charge in [-0.1, -0.05) is 0 Å². The Morgan fingerprint density at radius 3 is 2.42 bits per heavy atom. The minimum Gasteiger partial charge on any atom is -0.394 e. The molecule has 2 aliphatic heterocycles. The van der Waals surface area contributed by atoms with Gasteiger partial charge >= 0.3 is 15.6 Å². The third kappa shape index (κ3) is 6.34. The molecule has 45 heavy (non-hydrogen) atoms. The Morgan fingerprint density at radius 1 is 0.933 bits per heavy atom. The molecular formula is C20H26N10O13P2. The average Bonchev–Trinajstić information content (AvgIpc) is 3.68. The molecule has 244 valence electrons. The van der Waals surface area contributed by atoms with Gasteiger partial charge in [0.15, 0.2) is 35.1 Å².